The van der Waals surface area contributed by atoms with E-state index in [9.17, 15) is 19.7 Å². The second-order valence-corrected chi connectivity index (χ2v) is 13.8. The first-order valence-corrected chi connectivity index (χ1v) is 12.6. The van der Waals surface area contributed by atoms with Gasteiger partial charge in [0.05, 0.1) is 28.9 Å². The van der Waals surface area contributed by atoms with Gasteiger partial charge in [0.1, 0.15) is 0 Å². The molecule has 0 aromatic heterocycles. The fraction of sp³-hybridized carbons (Fsp3) is 0.600. The van der Waals surface area contributed by atoms with Crippen molar-refractivity contribution < 1.29 is 23.7 Å². The molecule has 8 nitrogen and oxygen atoms in total. The molecule has 1 aliphatic rings. The maximum absolute atomic E-state index is 12.6. The number of esters is 1. The van der Waals surface area contributed by atoms with Crippen LogP contribution in [0.5, 0.6) is 5.75 Å². The van der Waals surface area contributed by atoms with Crippen molar-refractivity contribution in [2.24, 2.45) is 11.8 Å². The fourth-order valence-corrected chi connectivity index (χ4v) is 4.54. The van der Waals surface area contributed by atoms with Crippen molar-refractivity contribution in [3.63, 3.8) is 0 Å². The molecule has 0 spiro atoms. The van der Waals surface area contributed by atoms with Crippen LogP contribution < -0.4 is 10.1 Å². The van der Waals surface area contributed by atoms with E-state index in [-0.39, 0.29) is 28.5 Å². The van der Waals surface area contributed by atoms with Gasteiger partial charge in [-0.15, -0.1) is 0 Å². The van der Waals surface area contributed by atoms with E-state index in [0.29, 0.717) is 0 Å². The van der Waals surface area contributed by atoms with E-state index >= 15 is 0 Å². The van der Waals surface area contributed by atoms with E-state index in [0.717, 1.165) is 0 Å². The number of β-lactam (4-membered cyclic amide) rings is 1. The van der Waals surface area contributed by atoms with Gasteiger partial charge in [0.25, 0.3) is 0 Å². The summed E-state index contributed by atoms with van der Waals surface area (Å²) < 4.78 is 11.6. The molecule has 1 saturated heterocycles. The van der Waals surface area contributed by atoms with Crippen molar-refractivity contribution in [3.05, 3.63) is 34.4 Å². The zero-order chi connectivity index (χ0) is 22.1. The van der Waals surface area contributed by atoms with Crippen LogP contribution in [-0.2, 0) is 14.0 Å². The van der Waals surface area contributed by atoms with Gasteiger partial charge < -0.3 is 14.5 Å². The number of hydrogen-bond donors (Lipinski definition) is 1. The fourth-order valence-electron chi connectivity index (χ4n) is 3.12. The Bertz CT molecular complexity index is 804. The van der Waals surface area contributed by atoms with Crippen LogP contribution in [-0.4, -0.2) is 37.3 Å². The molecule has 4 atom stereocenters. The lowest BCUT2D eigenvalue weighted by Gasteiger charge is -2.46. The van der Waals surface area contributed by atoms with E-state index in [1.165, 1.54) is 18.2 Å². The summed E-state index contributed by atoms with van der Waals surface area (Å²) >= 11 is 0. The van der Waals surface area contributed by atoms with Crippen LogP contribution in [0.4, 0.5) is 5.69 Å². The van der Waals surface area contributed by atoms with Crippen LogP contribution in [0.1, 0.15) is 34.6 Å². The molecule has 1 N–H and O–H groups in total. The van der Waals surface area contributed by atoms with Gasteiger partial charge in [0.15, 0.2) is 8.32 Å². The topological polar surface area (TPSA) is 108 Å². The smallest absolute Gasteiger partial charge is 0.316 e. The second kappa shape index (κ2) is 8.23. The van der Waals surface area contributed by atoms with Crippen LogP contribution in [0.25, 0.3) is 0 Å². The summed E-state index contributed by atoms with van der Waals surface area (Å²) in [6.07, 6.45) is -0.351. The number of nitro groups is 1. The average Bonchev–Trinajstić information content (AvgIpc) is 2.57. The molecule has 0 saturated carbocycles. The van der Waals surface area contributed by atoms with Crippen molar-refractivity contribution in [2.45, 2.75) is 64.9 Å². The minimum Gasteiger partial charge on any atom is -0.419 e. The summed E-state index contributed by atoms with van der Waals surface area (Å²) in [4.78, 5) is 35.4. The zero-order valence-corrected chi connectivity index (χ0v) is 19.0. The normalized spacial score (nSPS) is 21.6. The molecule has 0 radical (unpaired) electrons. The molecule has 9 heteroatoms. The molecule has 29 heavy (non-hydrogen) atoms. The Morgan fingerprint density at radius 1 is 1.24 bits per heavy atom. The monoisotopic (exact) mass is 422 g/mol. The lowest BCUT2D eigenvalue weighted by molar-refractivity contribution is -0.385. The molecular weight excluding hydrogens is 392 g/mol. The number of nitro benzene ring substituents is 1. The van der Waals surface area contributed by atoms with Crippen molar-refractivity contribution in [2.75, 3.05) is 0 Å². The highest BCUT2D eigenvalue weighted by molar-refractivity contribution is 6.74. The molecule has 1 heterocycles. The van der Waals surface area contributed by atoms with Gasteiger partial charge in [-0.25, -0.2) is 0 Å². The summed E-state index contributed by atoms with van der Waals surface area (Å²) in [7, 11) is -2.09. The number of ether oxygens (including phenoxy) is 1. The summed E-state index contributed by atoms with van der Waals surface area (Å²) in [5, 5.41) is 13.9. The molecule has 1 fully saturated rings. The van der Waals surface area contributed by atoms with Crippen molar-refractivity contribution in [1.29, 1.82) is 0 Å². The predicted octanol–water partition coefficient (Wildman–Crippen LogP) is 3.66. The first-order valence-electron chi connectivity index (χ1n) is 9.69. The zero-order valence-electron chi connectivity index (χ0n) is 18.0. The van der Waals surface area contributed by atoms with E-state index < -0.39 is 37.1 Å². The number of para-hydroxylation sites is 2. The highest BCUT2D eigenvalue weighted by Crippen LogP contribution is 2.39. The van der Waals surface area contributed by atoms with Crippen LogP contribution in [0.3, 0.4) is 0 Å². The molecule has 1 aromatic carbocycles. The Kier molecular flexibility index (Phi) is 6.54. The lowest BCUT2D eigenvalue weighted by Crippen LogP contribution is -2.67. The Hall–Kier alpha value is -2.26. The van der Waals surface area contributed by atoms with Crippen LogP contribution in [0.15, 0.2) is 24.3 Å². The minimum atomic E-state index is -2.09. The number of nitrogens with one attached hydrogen (secondary N) is 1. The number of rotatable bonds is 7. The molecule has 1 aliphatic heterocycles. The maximum atomic E-state index is 12.6. The quantitative estimate of drug-likeness (QED) is 0.179. The summed E-state index contributed by atoms with van der Waals surface area (Å²) in [6.45, 7) is 14.1. The van der Waals surface area contributed by atoms with Gasteiger partial charge in [-0.3, -0.25) is 19.7 Å². The molecular formula is C20H30N2O6Si. The number of carbonyl (C=O) groups excluding carboxylic acids is 2. The molecule has 2 rings (SSSR count). The first kappa shape index (κ1) is 23.0. The van der Waals surface area contributed by atoms with Gasteiger partial charge in [-0.05, 0) is 38.0 Å². The summed E-state index contributed by atoms with van der Waals surface area (Å²) in [5.74, 6) is -2.05. The highest BCUT2D eigenvalue weighted by atomic mass is 28.4. The van der Waals surface area contributed by atoms with Gasteiger partial charge in [0.2, 0.25) is 11.7 Å². The van der Waals surface area contributed by atoms with Crippen LogP contribution in [0.2, 0.25) is 18.1 Å². The van der Waals surface area contributed by atoms with E-state index in [1.54, 1.807) is 13.0 Å². The standard InChI is InChI=1S/C20H30N2O6Si/c1-12(19(24)27-15-11-9-8-10-14(15)22(25)26)17-16(18(23)21-17)13(2)28-29(6,7)20(3,4)5/h8-13,16-17H,1-7H3,(H,21,23)/t12-,13-,16-,17-/m1/s1. The van der Waals surface area contributed by atoms with Crippen LogP contribution >= 0.6 is 0 Å². The molecule has 1 amide bonds. The SMILES string of the molecule is C[C@@H](O[Si](C)(C)C(C)(C)C)[C@H]1C(=O)N[C@@H]1[C@@H](C)C(=O)Oc1ccccc1[N+](=O)[O-]. The molecule has 1 aromatic rings. The predicted molar refractivity (Wildman–Crippen MR) is 111 cm³/mol. The Balaban J connectivity index is 2.11. The van der Waals surface area contributed by atoms with Crippen molar-refractivity contribution in [1.82, 2.24) is 5.32 Å². The third kappa shape index (κ3) is 4.84. The number of nitrogens with zero attached hydrogens (tertiary/aromatic N) is 1. The Morgan fingerprint density at radius 2 is 1.83 bits per heavy atom. The Labute approximate surface area is 172 Å². The highest BCUT2D eigenvalue weighted by Gasteiger charge is 2.50. The maximum Gasteiger partial charge on any atom is 0.316 e. The van der Waals surface area contributed by atoms with Crippen LogP contribution in [0, 0.1) is 22.0 Å². The average molecular weight is 423 g/mol. The number of amides is 1. The number of carbonyl (C=O) groups is 2. The second-order valence-electron chi connectivity index (χ2n) is 9.08. The molecule has 0 unspecified atom stereocenters. The first-order chi connectivity index (χ1) is 13.3. The minimum absolute atomic E-state index is 0.00618. The van der Waals surface area contributed by atoms with Gasteiger partial charge in [-0.2, -0.15) is 0 Å². The molecule has 0 bridgehead atoms. The van der Waals surface area contributed by atoms with E-state index in [1.807, 2.05) is 6.92 Å². The Morgan fingerprint density at radius 3 is 2.34 bits per heavy atom. The number of hydrogen-bond acceptors (Lipinski definition) is 6. The third-order valence-corrected chi connectivity index (χ3v) is 10.5. The van der Waals surface area contributed by atoms with Crippen molar-refractivity contribution in [3.8, 4) is 5.75 Å². The molecule has 160 valence electrons. The van der Waals surface area contributed by atoms with Gasteiger partial charge >= 0.3 is 11.7 Å². The van der Waals surface area contributed by atoms with Crippen molar-refractivity contribution >= 4 is 25.9 Å². The largest absolute Gasteiger partial charge is 0.419 e. The van der Waals surface area contributed by atoms with E-state index in [2.05, 4.69) is 39.2 Å². The summed E-state index contributed by atoms with van der Waals surface area (Å²) in [6, 6.07) is 5.26. The molecule has 0 aliphatic carbocycles. The lowest BCUT2D eigenvalue weighted by atomic mass is 9.79. The van der Waals surface area contributed by atoms with E-state index in [4.69, 9.17) is 9.16 Å². The third-order valence-electron chi connectivity index (χ3n) is 5.97. The number of benzene rings is 1. The summed E-state index contributed by atoms with van der Waals surface area (Å²) in [5.41, 5.74) is -0.281. The van der Waals surface area contributed by atoms with Gasteiger partial charge in [-0.1, -0.05) is 32.9 Å². The van der Waals surface area contributed by atoms with Gasteiger partial charge in [0, 0.05) is 6.07 Å².